The van der Waals surface area contributed by atoms with Crippen LogP contribution in [0.3, 0.4) is 0 Å². The van der Waals surface area contributed by atoms with Gasteiger partial charge in [-0.3, -0.25) is 0 Å². The number of hydrogen-bond acceptors (Lipinski definition) is 1. The molecular formula is C8H14F2O. The Kier molecular flexibility index (Phi) is 1.95. The van der Waals surface area contributed by atoms with E-state index in [9.17, 15) is 8.78 Å². The highest BCUT2D eigenvalue weighted by atomic mass is 19.3. The first-order chi connectivity index (χ1) is 4.90. The molecule has 11 heavy (non-hydrogen) atoms. The van der Waals surface area contributed by atoms with E-state index in [0.717, 1.165) is 13.3 Å². The molecule has 0 bridgehead atoms. The fraction of sp³-hybridized carbons (Fsp3) is 1.00. The average molecular weight is 164 g/mol. The minimum Gasteiger partial charge on any atom is -0.387 e. The Hall–Kier alpha value is -0.180. The van der Waals surface area contributed by atoms with Gasteiger partial charge in [0.25, 0.3) is 5.92 Å². The van der Waals surface area contributed by atoms with Gasteiger partial charge in [0.15, 0.2) is 0 Å². The van der Waals surface area contributed by atoms with Crippen molar-refractivity contribution >= 4 is 0 Å². The zero-order chi connectivity index (χ0) is 8.70. The van der Waals surface area contributed by atoms with Gasteiger partial charge in [-0.15, -0.1) is 0 Å². The smallest absolute Gasteiger partial charge is 0.278 e. The maximum atomic E-state index is 13.1. The lowest BCUT2D eigenvalue weighted by Gasteiger charge is -2.45. The molecule has 0 aromatic rings. The molecule has 0 amide bonds. The molecule has 1 fully saturated rings. The number of aliphatic hydroxyl groups is 1. The number of halogens is 2. The van der Waals surface area contributed by atoms with Gasteiger partial charge in [-0.25, -0.2) is 8.78 Å². The molecule has 1 rings (SSSR count). The van der Waals surface area contributed by atoms with Gasteiger partial charge < -0.3 is 5.11 Å². The van der Waals surface area contributed by atoms with Gasteiger partial charge in [-0.2, -0.15) is 0 Å². The van der Waals surface area contributed by atoms with Crippen molar-refractivity contribution in [1.82, 2.24) is 0 Å². The highest BCUT2D eigenvalue weighted by Gasteiger charge is 2.56. The third-order valence-corrected chi connectivity index (χ3v) is 2.79. The third-order valence-electron chi connectivity index (χ3n) is 2.79. The Bertz CT molecular complexity index is 150. The molecule has 0 spiro atoms. The highest BCUT2D eigenvalue weighted by molar-refractivity contribution is 4.97. The average Bonchev–Trinajstić information content (AvgIpc) is 1.82. The first kappa shape index (κ1) is 8.91. The standard InChI is InChI=1S/C8H14F2O/c1-6(11)8(9,10)7(2)4-3-5-7/h6,11H,3-5H2,1-2H3. The summed E-state index contributed by atoms with van der Waals surface area (Å²) in [5.74, 6) is -2.91. The van der Waals surface area contributed by atoms with E-state index < -0.39 is 17.4 Å². The SMILES string of the molecule is CC(O)C(F)(F)C1(C)CCC1. The fourth-order valence-electron chi connectivity index (χ4n) is 1.54. The summed E-state index contributed by atoms with van der Waals surface area (Å²) in [6.45, 7) is 2.70. The van der Waals surface area contributed by atoms with E-state index in [1.165, 1.54) is 0 Å². The van der Waals surface area contributed by atoms with Gasteiger partial charge in [0.05, 0.1) is 0 Å². The van der Waals surface area contributed by atoms with Crippen LogP contribution in [0.25, 0.3) is 0 Å². The van der Waals surface area contributed by atoms with Crippen LogP contribution >= 0.6 is 0 Å². The summed E-state index contributed by atoms with van der Waals surface area (Å²) in [6, 6.07) is 0. The minimum absolute atomic E-state index is 0.533. The van der Waals surface area contributed by atoms with E-state index in [-0.39, 0.29) is 0 Å². The van der Waals surface area contributed by atoms with E-state index in [1.54, 1.807) is 6.92 Å². The van der Waals surface area contributed by atoms with E-state index in [2.05, 4.69) is 0 Å². The molecule has 1 N–H and O–H groups in total. The molecule has 1 nitrogen and oxygen atoms in total. The first-order valence-corrected chi connectivity index (χ1v) is 3.96. The van der Waals surface area contributed by atoms with Crippen molar-refractivity contribution in [3.05, 3.63) is 0 Å². The molecule has 0 heterocycles. The minimum atomic E-state index is -2.91. The van der Waals surface area contributed by atoms with Crippen LogP contribution in [0.2, 0.25) is 0 Å². The summed E-state index contributed by atoms with van der Waals surface area (Å²) in [4.78, 5) is 0. The van der Waals surface area contributed by atoms with Crippen molar-refractivity contribution in [2.24, 2.45) is 5.41 Å². The van der Waals surface area contributed by atoms with Crippen molar-refractivity contribution in [1.29, 1.82) is 0 Å². The van der Waals surface area contributed by atoms with Crippen LogP contribution in [0, 0.1) is 5.41 Å². The van der Waals surface area contributed by atoms with Crippen LogP contribution in [0.15, 0.2) is 0 Å². The summed E-state index contributed by atoms with van der Waals surface area (Å²) in [5, 5.41) is 8.83. The summed E-state index contributed by atoms with van der Waals surface area (Å²) in [5.41, 5.74) is -0.943. The van der Waals surface area contributed by atoms with Crippen LogP contribution in [0.1, 0.15) is 33.1 Å². The molecule has 1 aliphatic carbocycles. The summed E-state index contributed by atoms with van der Waals surface area (Å²) in [6.07, 6.45) is 0.405. The Balaban J connectivity index is 2.70. The van der Waals surface area contributed by atoms with E-state index >= 15 is 0 Å². The number of alkyl halides is 2. The summed E-state index contributed by atoms with van der Waals surface area (Å²) in [7, 11) is 0. The Morgan fingerprint density at radius 2 is 1.91 bits per heavy atom. The van der Waals surface area contributed by atoms with Gasteiger partial charge in [0, 0.05) is 5.41 Å². The van der Waals surface area contributed by atoms with Crippen LogP contribution in [-0.4, -0.2) is 17.1 Å². The van der Waals surface area contributed by atoms with Gasteiger partial charge in [-0.05, 0) is 19.8 Å². The zero-order valence-electron chi connectivity index (χ0n) is 6.90. The van der Waals surface area contributed by atoms with Crippen molar-refractivity contribution in [2.45, 2.75) is 45.1 Å². The predicted molar refractivity (Wildman–Crippen MR) is 38.6 cm³/mol. The van der Waals surface area contributed by atoms with Crippen molar-refractivity contribution in [3.8, 4) is 0 Å². The molecule has 1 unspecified atom stereocenters. The third kappa shape index (κ3) is 1.15. The van der Waals surface area contributed by atoms with Gasteiger partial charge in [0.1, 0.15) is 6.10 Å². The van der Waals surface area contributed by atoms with Crippen molar-refractivity contribution in [3.63, 3.8) is 0 Å². The Labute approximate surface area is 65.4 Å². The molecule has 0 aromatic carbocycles. The van der Waals surface area contributed by atoms with Gasteiger partial charge >= 0.3 is 0 Å². The quantitative estimate of drug-likeness (QED) is 0.663. The molecule has 1 aliphatic rings. The zero-order valence-corrected chi connectivity index (χ0v) is 6.90. The molecular weight excluding hydrogens is 150 g/mol. The van der Waals surface area contributed by atoms with Gasteiger partial charge in [0.2, 0.25) is 0 Å². The largest absolute Gasteiger partial charge is 0.387 e. The van der Waals surface area contributed by atoms with Gasteiger partial charge in [-0.1, -0.05) is 13.3 Å². The monoisotopic (exact) mass is 164 g/mol. The Morgan fingerprint density at radius 3 is 2.00 bits per heavy atom. The van der Waals surface area contributed by atoms with E-state index in [0.29, 0.717) is 12.8 Å². The second-order valence-electron chi connectivity index (χ2n) is 3.71. The molecule has 0 aliphatic heterocycles. The topological polar surface area (TPSA) is 20.2 Å². The number of aliphatic hydroxyl groups excluding tert-OH is 1. The Morgan fingerprint density at radius 1 is 1.45 bits per heavy atom. The lowest BCUT2D eigenvalue weighted by Crippen LogP contribution is -2.50. The summed E-state index contributed by atoms with van der Waals surface area (Å²) >= 11 is 0. The molecule has 3 heteroatoms. The van der Waals surface area contributed by atoms with Crippen LogP contribution in [-0.2, 0) is 0 Å². The lowest BCUT2D eigenvalue weighted by atomic mass is 9.65. The molecule has 0 aromatic heterocycles. The number of rotatable bonds is 2. The van der Waals surface area contributed by atoms with Crippen LogP contribution in [0.4, 0.5) is 8.78 Å². The predicted octanol–water partition coefficient (Wildman–Crippen LogP) is 2.19. The fourth-order valence-corrected chi connectivity index (χ4v) is 1.54. The lowest BCUT2D eigenvalue weighted by molar-refractivity contribution is -0.207. The maximum Gasteiger partial charge on any atom is 0.278 e. The normalized spacial score (nSPS) is 25.9. The van der Waals surface area contributed by atoms with Crippen LogP contribution < -0.4 is 0 Å². The second-order valence-corrected chi connectivity index (χ2v) is 3.71. The highest BCUT2D eigenvalue weighted by Crippen LogP contribution is 2.53. The van der Waals surface area contributed by atoms with Crippen LogP contribution in [0.5, 0.6) is 0 Å². The molecule has 66 valence electrons. The van der Waals surface area contributed by atoms with E-state index in [4.69, 9.17) is 5.11 Å². The van der Waals surface area contributed by atoms with Crippen molar-refractivity contribution < 1.29 is 13.9 Å². The summed E-state index contributed by atoms with van der Waals surface area (Å²) < 4.78 is 26.3. The van der Waals surface area contributed by atoms with E-state index in [1.807, 2.05) is 0 Å². The first-order valence-electron chi connectivity index (χ1n) is 3.96. The molecule has 1 saturated carbocycles. The number of hydrogen-bond donors (Lipinski definition) is 1. The molecule has 1 atom stereocenters. The molecule has 0 radical (unpaired) electrons. The maximum absolute atomic E-state index is 13.1. The van der Waals surface area contributed by atoms with Crippen molar-refractivity contribution in [2.75, 3.05) is 0 Å². The second kappa shape index (κ2) is 2.41. The molecule has 0 saturated heterocycles.